The fourth-order valence-electron chi connectivity index (χ4n) is 9.84. The van der Waals surface area contributed by atoms with Crippen LogP contribution in [0.3, 0.4) is 0 Å². The third-order valence-corrected chi connectivity index (χ3v) is 12.5. The van der Waals surface area contributed by atoms with Crippen LogP contribution in [0.25, 0.3) is 43.1 Å². The lowest BCUT2D eigenvalue weighted by atomic mass is 9.90. The highest BCUT2D eigenvalue weighted by Crippen LogP contribution is 2.36. The molecule has 4 heterocycles. The average Bonchev–Trinajstić information content (AvgIpc) is 3.73. The average molecular weight is 707 g/mol. The molecule has 0 aliphatic heterocycles. The van der Waals surface area contributed by atoms with E-state index in [1.165, 1.54) is 33.4 Å². The predicted octanol–water partition coefficient (Wildman–Crippen LogP) is 1.38. The lowest BCUT2D eigenvalue weighted by Crippen LogP contribution is -2.42. The molecule has 4 N–H and O–H groups in total. The summed E-state index contributed by atoms with van der Waals surface area (Å²) in [6, 6.07) is 1.88. The van der Waals surface area contributed by atoms with Crippen LogP contribution in [-0.2, 0) is 0 Å². The van der Waals surface area contributed by atoms with Crippen LogP contribution >= 0.6 is 0 Å². The van der Waals surface area contributed by atoms with Crippen molar-refractivity contribution in [3.05, 3.63) is 107 Å². The summed E-state index contributed by atoms with van der Waals surface area (Å²) in [4.78, 5) is 111. The van der Waals surface area contributed by atoms with Gasteiger partial charge in [0, 0.05) is 12.1 Å². The molecule has 52 heavy (non-hydrogen) atoms. The van der Waals surface area contributed by atoms with E-state index >= 15 is 0 Å². The molecular formula is C38H38N6O8. The van der Waals surface area contributed by atoms with Crippen molar-refractivity contribution in [3.63, 3.8) is 0 Å². The molecule has 6 atom stereocenters. The maximum atomic E-state index is 14.1. The zero-order valence-corrected chi connectivity index (χ0v) is 28.5. The molecular weight excluding hydrogens is 668 g/mol. The highest BCUT2D eigenvalue weighted by molar-refractivity contribution is 5.99. The van der Waals surface area contributed by atoms with Crippen molar-refractivity contribution in [2.75, 3.05) is 0 Å². The molecule has 0 bridgehead atoms. The van der Waals surface area contributed by atoms with Crippen LogP contribution in [0.4, 0.5) is 0 Å². The maximum Gasteiger partial charge on any atom is 0.261 e. The van der Waals surface area contributed by atoms with Gasteiger partial charge in [0.15, 0.2) is 0 Å². The fraction of sp³-hybridized carbons (Fsp3) is 0.474. The van der Waals surface area contributed by atoms with Crippen LogP contribution in [0.1, 0.15) is 101 Å². The highest BCUT2D eigenvalue weighted by Gasteiger charge is 2.36. The first-order valence-corrected chi connectivity index (χ1v) is 18.4. The molecule has 0 saturated heterocycles. The number of aromatic nitrogens is 4. The quantitative estimate of drug-likeness (QED) is 0.269. The second-order valence-electron chi connectivity index (χ2n) is 15.3. The van der Waals surface area contributed by atoms with Crippen LogP contribution in [0, 0.1) is 0 Å². The Labute approximate surface area is 292 Å². The van der Waals surface area contributed by atoms with Crippen LogP contribution in [-0.4, -0.2) is 30.4 Å². The van der Waals surface area contributed by atoms with Crippen LogP contribution in [0.15, 0.2) is 62.6 Å². The van der Waals surface area contributed by atoms with E-state index in [2.05, 4.69) is 0 Å². The minimum Gasteiger partial charge on any atom is -0.326 e. The fourth-order valence-corrected chi connectivity index (χ4v) is 9.84. The number of hydrogen-bond donors (Lipinski definition) is 2. The molecule has 0 amide bonds. The Kier molecular flexibility index (Phi) is 7.39. The first-order valence-electron chi connectivity index (χ1n) is 18.4. The number of nitrogens with two attached hydrogens (primary N) is 2. The van der Waals surface area contributed by atoms with Gasteiger partial charge in [-0.1, -0.05) is 38.5 Å². The summed E-state index contributed by atoms with van der Waals surface area (Å²) in [6.07, 6.45) is 7.90. The van der Waals surface area contributed by atoms with Crippen LogP contribution in [0.5, 0.6) is 0 Å². The van der Waals surface area contributed by atoms with Crippen molar-refractivity contribution in [2.45, 2.75) is 113 Å². The predicted molar refractivity (Wildman–Crippen MR) is 197 cm³/mol. The van der Waals surface area contributed by atoms with E-state index in [4.69, 9.17) is 11.5 Å². The monoisotopic (exact) mass is 706 g/mol. The van der Waals surface area contributed by atoms with Crippen LogP contribution < -0.4 is 55.9 Å². The number of nitrogens with zero attached hydrogens (tertiary/aromatic N) is 4. The van der Waals surface area contributed by atoms with E-state index in [-0.39, 0.29) is 55.2 Å². The van der Waals surface area contributed by atoms with E-state index in [0.717, 1.165) is 34.8 Å². The Hall–Kier alpha value is -5.08. The molecule has 2 aromatic carbocycles. The summed E-state index contributed by atoms with van der Waals surface area (Å²) >= 11 is 0. The van der Waals surface area contributed by atoms with Crippen LogP contribution in [0.2, 0.25) is 0 Å². The zero-order chi connectivity index (χ0) is 36.3. The first-order chi connectivity index (χ1) is 25.0. The van der Waals surface area contributed by atoms with Gasteiger partial charge in [-0.3, -0.25) is 56.6 Å². The van der Waals surface area contributed by atoms with Gasteiger partial charge < -0.3 is 11.5 Å². The molecule has 3 aliphatic carbocycles. The van der Waals surface area contributed by atoms with E-state index in [0.29, 0.717) is 51.4 Å². The molecule has 3 saturated carbocycles. The van der Waals surface area contributed by atoms with Gasteiger partial charge in [-0.25, -0.2) is 0 Å². The van der Waals surface area contributed by atoms with Crippen molar-refractivity contribution < 1.29 is 0 Å². The number of benzene rings is 2. The molecule has 3 fully saturated rings. The Morgan fingerprint density at radius 3 is 0.750 bits per heavy atom. The first kappa shape index (κ1) is 32.8. The van der Waals surface area contributed by atoms with Crippen molar-refractivity contribution in [1.82, 2.24) is 18.3 Å². The van der Waals surface area contributed by atoms with Gasteiger partial charge in [0.05, 0.1) is 67.3 Å². The lowest BCUT2D eigenvalue weighted by Gasteiger charge is -2.31. The molecule has 0 radical (unpaired) electrons. The molecule has 0 spiro atoms. The molecule has 9 rings (SSSR count). The summed E-state index contributed by atoms with van der Waals surface area (Å²) in [5.41, 5.74) is 7.76. The summed E-state index contributed by atoms with van der Waals surface area (Å²) in [5, 5.41) is 0.142. The summed E-state index contributed by atoms with van der Waals surface area (Å²) in [5.74, 6) is 0. The van der Waals surface area contributed by atoms with Crippen molar-refractivity contribution in [3.8, 4) is 0 Å². The highest BCUT2D eigenvalue weighted by atomic mass is 16.2. The minimum absolute atomic E-state index is 0.0120. The molecule has 6 aromatic rings. The Morgan fingerprint density at radius 1 is 0.327 bits per heavy atom. The topological polar surface area (TPSA) is 208 Å². The van der Waals surface area contributed by atoms with Gasteiger partial charge in [-0.15, -0.1) is 0 Å². The largest absolute Gasteiger partial charge is 0.326 e. The van der Waals surface area contributed by atoms with Gasteiger partial charge in [0.2, 0.25) is 0 Å². The molecule has 3 aliphatic rings. The molecule has 14 nitrogen and oxygen atoms in total. The lowest BCUT2D eigenvalue weighted by molar-refractivity contribution is 0.229. The Balaban J connectivity index is 1.17. The SMILES string of the molecule is NC1CCCC[C@H]1n1c(=O)c2cc3c(=O)n(C4CCCC[C@H]4n4c(=O)c5cc6c(=O)n(C7CCCC[C@H]7N)c(=O)c6cc5c4=O)c(=O)c3cc2c1=O. The Morgan fingerprint density at radius 2 is 0.519 bits per heavy atom. The zero-order valence-electron chi connectivity index (χ0n) is 28.5. The summed E-state index contributed by atoms with van der Waals surface area (Å²) < 4.78 is 4.48. The maximum absolute atomic E-state index is 14.1. The molecule has 4 aromatic heterocycles. The molecule has 268 valence electrons. The summed E-state index contributed by atoms with van der Waals surface area (Å²) in [7, 11) is 0. The van der Waals surface area contributed by atoms with Crippen molar-refractivity contribution >= 4 is 43.1 Å². The number of hydrogen-bond acceptors (Lipinski definition) is 10. The van der Waals surface area contributed by atoms with Crippen molar-refractivity contribution in [2.24, 2.45) is 11.5 Å². The molecule has 14 heteroatoms. The smallest absolute Gasteiger partial charge is 0.261 e. The van der Waals surface area contributed by atoms with E-state index in [9.17, 15) is 38.4 Å². The second-order valence-corrected chi connectivity index (χ2v) is 15.3. The normalized spacial score (nSPS) is 26.0. The van der Waals surface area contributed by atoms with E-state index in [1.807, 2.05) is 0 Å². The number of fused-ring (bicyclic) bond motifs is 4. The van der Waals surface area contributed by atoms with Crippen molar-refractivity contribution in [1.29, 1.82) is 0 Å². The van der Waals surface area contributed by atoms with Gasteiger partial charge in [-0.05, 0) is 62.8 Å². The standard InChI is InChI=1S/C38H38N6O8/c39-25-7-1-3-9-27(25)41-31(45)17-13-21-22(14-18(17)32(41)46)36(50)43(35(21)49)29-11-5-6-12-30(29)44-37(51)23-15-19-20(16-24(23)38(44)52)34(48)42(33(19)47)28-10-4-2-8-26(28)40/h13-16,25-30H,1-12,39-40H2/t25-,26?,27?,28-,29-,30?/m1/s1. The van der Waals surface area contributed by atoms with Gasteiger partial charge in [0.1, 0.15) is 0 Å². The Bertz CT molecular complexity index is 2560. The molecule has 3 unspecified atom stereocenters. The third-order valence-electron chi connectivity index (χ3n) is 12.5. The van der Waals surface area contributed by atoms with E-state index < -0.39 is 68.6 Å². The summed E-state index contributed by atoms with van der Waals surface area (Å²) in [6.45, 7) is 0. The third kappa shape index (κ3) is 4.43. The number of rotatable bonds is 4. The van der Waals surface area contributed by atoms with Gasteiger partial charge in [-0.2, -0.15) is 0 Å². The minimum atomic E-state index is -0.875. The second kappa shape index (κ2) is 11.7. The van der Waals surface area contributed by atoms with Gasteiger partial charge in [0.25, 0.3) is 44.5 Å². The van der Waals surface area contributed by atoms with E-state index in [1.54, 1.807) is 0 Å². The van der Waals surface area contributed by atoms with Gasteiger partial charge >= 0.3 is 0 Å².